The van der Waals surface area contributed by atoms with Crippen LogP contribution in [-0.2, 0) is 24.0 Å². The Morgan fingerprint density at radius 2 is 2.21 bits per heavy atom. The van der Waals surface area contributed by atoms with E-state index in [1.54, 1.807) is 0 Å². The molecule has 1 aromatic carbocycles. The third kappa shape index (κ3) is 2.20. The molecule has 3 rings (SSSR count). The minimum atomic E-state index is -0.401. The van der Waals surface area contributed by atoms with Crippen LogP contribution in [0.1, 0.15) is 16.7 Å². The van der Waals surface area contributed by atoms with Crippen LogP contribution in [0.2, 0.25) is 0 Å². The zero-order valence-electron chi connectivity index (χ0n) is 11.0. The van der Waals surface area contributed by atoms with Gasteiger partial charge in [-0.05, 0) is 12.5 Å². The fraction of sp³-hybridized carbons (Fsp3) is 0.500. The van der Waals surface area contributed by atoms with Gasteiger partial charge in [-0.2, -0.15) is 0 Å². The number of benzene rings is 1. The Hall–Kier alpha value is -1.91. The first kappa shape index (κ1) is 12.1. The van der Waals surface area contributed by atoms with Crippen LogP contribution in [0.4, 0.5) is 4.79 Å². The zero-order valence-corrected chi connectivity index (χ0v) is 11.0. The average molecular weight is 263 g/mol. The Bertz CT molecular complexity index is 480. The van der Waals surface area contributed by atoms with Crippen LogP contribution in [0.5, 0.6) is 11.5 Å². The molecule has 0 spiro atoms. The van der Waals surface area contributed by atoms with Gasteiger partial charge < -0.3 is 19.5 Å². The number of methoxy groups -OCH3 is 1. The summed E-state index contributed by atoms with van der Waals surface area (Å²) in [6.45, 7) is 2.00. The quantitative estimate of drug-likeness (QED) is 0.897. The predicted octanol–water partition coefficient (Wildman–Crippen LogP) is 1.45. The summed E-state index contributed by atoms with van der Waals surface area (Å²) < 4.78 is 16.0. The number of alkyl carbamates (subject to hydrolysis) is 1. The number of nitrogens with one attached hydrogen (secondary N) is 1. The summed E-state index contributed by atoms with van der Waals surface area (Å²) in [5.41, 5.74) is 3.62. The number of carbonyl (C=O) groups excluding carboxylic acids is 1. The highest BCUT2D eigenvalue weighted by molar-refractivity contribution is 5.67. The van der Waals surface area contributed by atoms with E-state index < -0.39 is 6.09 Å². The number of ether oxygens (including phenoxy) is 3. The molecule has 1 aromatic rings. The lowest BCUT2D eigenvalue weighted by Gasteiger charge is -2.13. The molecule has 5 nitrogen and oxygen atoms in total. The van der Waals surface area contributed by atoms with Gasteiger partial charge >= 0.3 is 6.09 Å². The van der Waals surface area contributed by atoms with Crippen molar-refractivity contribution in [3.05, 3.63) is 22.8 Å². The van der Waals surface area contributed by atoms with Crippen molar-refractivity contribution >= 4 is 6.09 Å². The van der Waals surface area contributed by atoms with Crippen LogP contribution in [0.3, 0.4) is 0 Å². The van der Waals surface area contributed by atoms with Crippen LogP contribution in [0.25, 0.3) is 0 Å². The highest BCUT2D eigenvalue weighted by Gasteiger charge is 2.26. The van der Waals surface area contributed by atoms with Gasteiger partial charge in [-0.1, -0.05) is 0 Å². The highest BCUT2D eigenvalue weighted by Crippen LogP contribution is 2.40. The Morgan fingerprint density at radius 1 is 1.37 bits per heavy atom. The maximum atomic E-state index is 11.1. The fourth-order valence-electron chi connectivity index (χ4n) is 2.71. The molecule has 19 heavy (non-hydrogen) atoms. The van der Waals surface area contributed by atoms with Gasteiger partial charge in [0.1, 0.15) is 11.5 Å². The number of rotatable bonds is 3. The minimum absolute atomic E-state index is 0.401. The van der Waals surface area contributed by atoms with Gasteiger partial charge in [0.2, 0.25) is 0 Å². The van der Waals surface area contributed by atoms with Gasteiger partial charge in [-0.3, -0.25) is 0 Å². The summed E-state index contributed by atoms with van der Waals surface area (Å²) in [4.78, 5) is 11.1. The first-order valence-corrected chi connectivity index (χ1v) is 6.54. The van der Waals surface area contributed by atoms with E-state index in [1.165, 1.54) is 23.8 Å². The molecular formula is C14H17NO4. The topological polar surface area (TPSA) is 56.8 Å². The molecule has 0 aromatic heterocycles. The summed E-state index contributed by atoms with van der Waals surface area (Å²) in [5.74, 6) is 1.98. The Labute approximate surface area is 111 Å². The van der Waals surface area contributed by atoms with Gasteiger partial charge in [0.05, 0.1) is 20.3 Å². The second-order valence-corrected chi connectivity index (χ2v) is 4.69. The molecule has 0 atom stereocenters. The molecule has 2 heterocycles. The van der Waals surface area contributed by atoms with Crippen molar-refractivity contribution in [3.8, 4) is 11.5 Å². The monoisotopic (exact) mass is 263 g/mol. The lowest BCUT2D eigenvalue weighted by molar-refractivity contribution is 0.171. The summed E-state index contributed by atoms with van der Waals surface area (Å²) in [6.07, 6.45) is 2.19. The molecule has 1 amide bonds. The standard InChI is InChI=1S/C14H17NO4/c1-17-14(16)15-5-2-11-10-4-7-18-12(10)8-9-3-6-19-13(9)11/h8H,2-7H2,1H3,(H,15,16). The van der Waals surface area contributed by atoms with Gasteiger partial charge in [0.15, 0.2) is 0 Å². The Balaban J connectivity index is 1.82. The van der Waals surface area contributed by atoms with Gasteiger partial charge in [-0.25, -0.2) is 4.79 Å². The smallest absolute Gasteiger partial charge is 0.406 e. The van der Waals surface area contributed by atoms with Gasteiger partial charge in [-0.15, -0.1) is 0 Å². The summed E-state index contributed by atoms with van der Waals surface area (Å²) in [7, 11) is 1.37. The molecule has 0 saturated carbocycles. The number of carbonyl (C=O) groups is 1. The Morgan fingerprint density at radius 3 is 3.05 bits per heavy atom. The lowest BCUT2D eigenvalue weighted by Crippen LogP contribution is -2.25. The van der Waals surface area contributed by atoms with Crippen molar-refractivity contribution in [1.29, 1.82) is 0 Å². The van der Waals surface area contributed by atoms with Gasteiger partial charge in [0, 0.05) is 36.1 Å². The van der Waals surface area contributed by atoms with E-state index in [9.17, 15) is 4.79 Å². The number of hydrogen-bond acceptors (Lipinski definition) is 4. The largest absolute Gasteiger partial charge is 0.493 e. The molecule has 2 aliphatic rings. The van der Waals surface area contributed by atoms with E-state index in [0.717, 1.165) is 44.0 Å². The van der Waals surface area contributed by atoms with Crippen molar-refractivity contribution in [2.75, 3.05) is 26.9 Å². The molecule has 0 radical (unpaired) electrons. The van der Waals surface area contributed by atoms with Gasteiger partial charge in [0.25, 0.3) is 0 Å². The van der Waals surface area contributed by atoms with E-state index in [0.29, 0.717) is 6.54 Å². The third-order valence-electron chi connectivity index (χ3n) is 3.59. The molecular weight excluding hydrogens is 246 g/mol. The van der Waals surface area contributed by atoms with E-state index in [1.807, 2.05) is 0 Å². The molecule has 2 aliphatic heterocycles. The minimum Gasteiger partial charge on any atom is -0.493 e. The fourth-order valence-corrected chi connectivity index (χ4v) is 2.71. The van der Waals surface area contributed by atoms with E-state index >= 15 is 0 Å². The molecule has 0 saturated heterocycles. The summed E-state index contributed by atoms with van der Waals surface area (Å²) in [6, 6.07) is 2.10. The maximum Gasteiger partial charge on any atom is 0.406 e. The summed E-state index contributed by atoms with van der Waals surface area (Å²) in [5, 5.41) is 2.71. The van der Waals surface area contributed by atoms with Crippen LogP contribution in [0, 0.1) is 0 Å². The maximum absolute atomic E-state index is 11.1. The van der Waals surface area contributed by atoms with Crippen molar-refractivity contribution in [3.63, 3.8) is 0 Å². The van der Waals surface area contributed by atoms with E-state index in [4.69, 9.17) is 9.47 Å². The molecule has 102 valence electrons. The van der Waals surface area contributed by atoms with Crippen LogP contribution < -0.4 is 14.8 Å². The van der Waals surface area contributed by atoms with Crippen molar-refractivity contribution in [2.45, 2.75) is 19.3 Å². The lowest BCUT2D eigenvalue weighted by atomic mass is 9.97. The number of fused-ring (bicyclic) bond motifs is 2. The second kappa shape index (κ2) is 4.99. The first-order chi connectivity index (χ1) is 9.29. The predicted molar refractivity (Wildman–Crippen MR) is 69.0 cm³/mol. The Kier molecular flexibility index (Phi) is 3.19. The zero-order chi connectivity index (χ0) is 13.2. The molecule has 0 aliphatic carbocycles. The molecule has 0 bridgehead atoms. The second-order valence-electron chi connectivity index (χ2n) is 4.69. The third-order valence-corrected chi connectivity index (χ3v) is 3.59. The number of hydrogen-bond donors (Lipinski definition) is 1. The average Bonchev–Trinajstić information content (AvgIpc) is 3.05. The first-order valence-electron chi connectivity index (χ1n) is 6.54. The molecule has 0 fully saturated rings. The van der Waals surface area contributed by atoms with E-state index in [-0.39, 0.29) is 0 Å². The van der Waals surface area contributed by atoms with Crippen molar-refractivity contribution in [1.82, 2.24) is 5.32 Å². The molecule has 5 heteroatoms. The molecule has 0 unspecified atom stereocenters. The van der Waals surface area contributed by atoms with Crippen molar-refractivity contribution < 1.29 is 19.0 Å². The molecule has 1 N–H and O–H groups in total. The SMILES string of the molecule is COC(=O)NCCc1c2c(cc3c1OCC3)OCC2. The van der Waals surface area contributed by atoms with Crippen LogP contribution in [0.15, 0.2) is 6.07 Å². The van der Waals surface area contributed by atoms with Crippen LogP contribution >= 0.6 is 0 Å². The van der Waals surface area contributed by atoms with E-state index in [2.05, 4.69) is 16.1 Å². The van der Waals surface area contributed by atoms with Crippen molar-refractivity contribution in [2.24, 2.45) is 0 Å². The highest BCUT2D eigenvalue weighted by atomic mass is 16.5. The normalized spacial score (nSPS) is 15.2. The number of amides is 1. The summed E-state index contributed by atoms with van der Waals surface area (Å²) >= 11 is 0. The van der Waals surface area contributed by atoms with Crippen LogP contribution in [-0.4, -0.2) is 33.0 Å².